The van der Waals surface area contributed by atoms with Crippen LogP contribution in [-0.2, 0) is 4.74 Å². The van der Waals surface area contributed by atoms with Crippen molar-refractivity contribution >= 4 is 57.2 Å². The van der Waals surface area contributed by atoms with Crippen molar-refractivity contribution in [1.82, 2.24) is 3.97 Å². The summed E-state index contributed by atoms with van der Waals surface area (Å²) in [5.74, 6) is -0.415. The third-order valence-electron chi connectivity index (χ3n) is 2.31. The molecule has 1 aromatic carbocycles. The lowest BCUT2D eigenvalue weighted by Crippen LogP contribution is -2.08. The Morgan fingerprint density at radius 2 is 2.29 bits per heavy atom. The van der Waals surface area contributed by atoms with E-state index in [9.17, 15) is 4.79 Å². The lowest BCUT2D eigenvalue weighted by atomic mass is 10.2. The number of hydrogen-bond acceptors (Lipinski definition) is 3. The van der Waals surface area contributed by atoms with Gasteiger partial charge in [-0.2, -0.15) is 0 Å². The number of hydrogen-bond donors (Lipinski definition) is 1. The van der Waals surface area contributed by atoms with Gasteiger partial charge in [-0.1, -0.05) is 24.4 Å². The summed E-state index contributed by atoms with van der Waals surface area (Å²) in [5, 5.41) is 1.43. The van der Waals surface area contributed by atoms with Crippen LogP contribution in [0.5, 0.6) is 0 Å². The molecule has 0 unspecified atom stereocenters. The van der Waals surface area contributed by atoms with E-state index < -0.39 is 5.97 Å². The second kappa shape index (κ2) is 4.92. The summed E-state index contributed by atoms with van der Waals surface area (Å²) in [4.78, 5) is 11.8. The van der Waals surface area contributed by atoms with E-state index >= 15 is 0 Å². The summed E-state index contributed by atoms with van der Waals surface area (Å²) in [6.07, 6.45) is 0. The molecule has 0 saturated carbocycles. The van der Waals surface area contributed by atoms with Gasteiger partial charge < -0.3 is 4.74 Å². The third-order valence-corrected chi connectivity index (χ3v) is 3.77. The lowest BCUT2D eigenvalue weighted by molar-refractivity contribution is 0.0518. The van der Waals surface area contributed by atoms with Crippen LogP contribution in [0.1, 0.15) is 17.4 Å². The lowest BCUT2D eigenvalue weighted by Gasteiger charge is -2.02. The van der Waals surface area contributed by atoms with Gasteiger partial charge in [0.25, 0.3) is 0 Å². The number of carbonyl (C=O) groups excluding carboxylic acids is 1. The van der Waals surface area contributed by atoms with Crippen LogP contribution in [-0.4, -0.2) is 16.5 Å². The summed E-state index contributed by atoms with van der Waals surface area (Å²) in [6.45, 7) is 2.08. The number of nitrogens with zero attached hydrogens (tertiary/aromatic N) is 1. The fourth-order valence-corrected chi connectivity index (χ4v) is 2.91. The van der Waals surface area contributed by atoms with E-state index in [0.29, 0.717) is 21.8 Å². The summed E-state index contributed by atoms with van der Waals surface area (Å²) in [5.41, 5.74) is 1.17. The van der Waals surface area contributed by atoms with Gasteiger partial charge in [-0.3, -0.25) is 3.97 Å². The molecular formula is C11H9BrClNO2S. The average Bonchev–Trinajstić information content (AvgIpc) is 2.52. The van der Waals surface area contributed by atoms with Crippen molar-refractivity contribution in [2.24, 2.45) is 0 Å². The topological polar surface area (TPSA) is 31.2 Å². The first-order valence-corrected chi connectivity index (χ1v) is 6.49. The fourth-order valence-electron chi connectivity index (χ4n) is 1.59. The first-order chi connectivity index (χ1) is 8.06. The van der Waals surface area contributed by atoms with Crippen molar-refractivity contribution < 1.29 is 9.53 Å². The highest BCUT2D eigenvalue weighted by molar-refractivity contribution is 9.10. The first-order valence-electron chi connectivity index (χ1n) is 4.92. The van der Waals surface area contributed by atoms with Gasteiger partial charge in [0.05, 0.1) is 16.6 Å². The molecule has 2 rings (SSSR count). The van der Waals surface area contributed by atoms with Crippen LogP contribution in [0.25, 0.3) is 10.9 Å². The number of rotatable bonds is 2. The Kier molecular flexibility index (Phi) is 3.70. The van der Waals surface area contributed by atoms with Gasteiger partial charge in [-0.25, -0.2) is 4.79 Å². The maximum absolute atomic E-state index is 11.8. The SMILES string of the molecule is CCOC(=O)c1c(Br)c2cc(Cl)ccc2n1S. The molecule has 0 saturated heterocycles. The zero-order chi connectivity index (χ0) is 12.6. The Balaban J connectivity index is 2.68. The molecule has 0 fully saturated rings. The number of esters is 1. The van der Waals surface area contributed by atoms with E-state index in [2.05, 4.69) is 28.7 Å². The van der Waals surface area contributed by atoms with E-state index in [-0.39, 0.29) is 0 Å². The van der Waals surface area contributed by atoms with Gasteiger partial charge >= 0.3 is 5.97 Å². The largest absolute Gasteiger partial charge is 0.461 e. The first kappa shape index (κ1) is 12.8. The highest BCUT2D eigenvalue weighted by Crippen LogP contribution is 2.33. The molecule has 2 aromatic rings. The molecule has 0 atom stereocenters. The van der Waals surface area contributed by atoms with Gasteiger partial charge in [0.15, 0.2) is 5.69 Å². The zero-order valence-electron chi connectivity index (χ0n) is 8.91. The quantitative estimate of drug-likeness (QED) is 0.666. The minimum absolute atomic E-state index is 0.321. The van der Waals surface area contributed by atoms with E-state index in [1.807, 2.05) is 0 Å². The van der Waals surface area contributed by atoms with Gasteiger partial charge in [0, 0.05) is 10.4 Å². The van der Waals surface area contributed by atoms with Gasteiger partial charge in [0.1, 0.15) is 0 Å². The summed E-state index contributed by atoms with van der Waals surface area (Å²) < 4.78 is 7.11. The molecule has 0 aliphatic rings. The monoisotopic (exact) mass is 333 g/mol. The molecule has 0 radical (unpaired) electrons. The van der Waals surface area contributed by atoms with E-state index in [4.69, 9.17) is 16.3 Å². The number of halogens is 2. The normalized spacial score (nSPS) is 10.8. The number of thiol groups is 1. The van der Waals surface area contributed by atoms with E-state index in [0.717, 1.165) is 10.9 Å². The highest BCUT2D eigenvalue weighted by Gasteiger charge is 2.21. The number of fused-ring (bicyclic) bond motifs is 1. The molecular weight excluding hydrogens is 326 g/mol. The third kappa shape index (κ3) is 2.19. The highest BCUT2D eigenvalue weighted by atomic mass is 79.9. The maximum Gasteiger partial charge on any atom is 0.357 e. The second-order valence-electron chi connectivity index (χ2n) is 3.36. The van der Waals surface area contributed by atoms with Gasteiger partial charge in [-0.05, 0) is 41.1 Å². The molecule has 1 aromatic heterocycles. The minimum atomic E-state index is -0.415. The Morgan fingerprint density at radius 3 is 2.94 bits per heavy atom. The Bertz CT molecular complexity index is 597. The molecule has 1 heterocycles. The molecule has 0 N–H and O–H groups in total. The molecule has 0 amide bonds. The van der Waals surface area contributed by atoms with Crippen LogP contribution in [0.4, 0.5) is 0 Å². The summed E-state index contributed by atoms with van der Waals surface area (Å²) >= 11 is 13.6. The predicted octanol–water partition coefficient (Wildman–Crippen LogP) is 3.93. The fraction of sp³-hybridized carbons (Fsp3) is 0.182. The second-order valence-corrected chi connectivity index (χ2v) is 4.99. The minimum Gasteiger partial charge on any atom is -0.461 e. The van der Waals surface area contributed by atoms with Crippen molar-refractivity contribution in [2.45, 2.75) is 6.92 Å². The Hall–Kier alpha value is -0.650. The van der Waals surface area contributed by atoms with Gasteiger partial charge in [0.2, 0.25) is 0 Å². The van der Waals surface area contributed by atoms with Crippen molar-refractivity contribution in [3.05, 3.63) is 33.4 Å². The summed E-state index contributed by atoms with van der Waals surface area (Å²) in [7, 11) is 0. The van der Waals surface area contributed by atoms with Crippen LogP contribution in [0.3, 0.4) is 0 Å². The Labute approximate surface area is 117 Å². The molecule has 0 spiro atoms. The number of ether oxygens (including phenoxy) is 1. The van der Waals surface area contributed by atoms with Crippen LogP contribution in [0.15, 0.2) is 22.7 Å². The van der Waals surface area contributed by atoms with Crippen LogP contribution < -0.4 is 0 Å². The van der Waals surface area contributed by atoms with Crippen molar-refractivity contribution in [3.63, 3.8) is 0 Å². The molecule has 90 valence electrons. The average molecular weight is 335 g/mol. The van der Waals surface area contributed by atoms with E-state index in [1.54, 1.807) is 25.1 Å². The number of aromatic nitrogens is 1. The van der Waals surface area contributed by atoms with Crippen molar-refractivity contribution in [1.29, 1.82) is 0 Å². The standard InChI is InChI=1S/C11H9BrClNO2S/c1-2-16-11(15)10-9(12)7-5-6(13)3-4-8(7)14(10)17/h3-5,17H,2H2,1H3. The van der Waals surface area contributed by atoms with Crippen molar-refractivity contribution in [2.75, 3.05) is 6.61 Å². The van der Waals surface area contributed by atoms with Crippen LogP contribution in [0.2, 0.25) is 5.02 Å². The van der Waals surface area contributed by atoms with Crippen LogP contribution in [0, 0.1) is 0 Å². The number of carbonyl (C=O) groups is 1. The Morgan fingerprint density at radius 1 is 1.59 bits per heavy atom. The molecule has 17 heavy (non-hydrogen) atoms. The van der Waals surface area contributed by atoms with Crippen LogP contribution >= 0.6 is 40.3 Å². The molecule has 0 bridgehead atoms. The molecule has 3 nitrogen and oxygen atoms in total. The smallest absolute Gasteiger partial charge is 0.357 e. The molecule has 6 heteroatoms. The molecule has 0 aliphatic carbocycles. The molecule has 0 aliphatic heterocycles. The van der Waals surface area contributed by atoms with Gasteiger partial charge in [-0.15, -0.1) is 0 Å². The zero-order valence-corrected chi connectivity index (χ0v) is 12.1. The number of benzene rings is 1. The summed E-state index contributed by atoms with van der Waals surface area (Å²) in [6, 6.07) is 5.33. The van der Waals surface area contributed by atoms with Crippen molar-refractivity contribution in [3.8, 4) is 0 Å². The predicted molar refractivity (Wildman–Crippen MR) is 75.0 cm³/mol. The maximum atomic E-state index is 11.8. The van der Waals surface area contributed by atoms with E-state index in [1.165, 1.54) is 3.97 Å².